The fourth-order valence-electron chi connectivity index (χ4n) is 0.102. The van der Waals surface area contributed by atoms with E-state index >= 15 is 0 Å². The Kier molecular flexibility index (Phi) is 8.28. The molecule has 0 aliphatic rings. The number of methoxy groups -OCH3 is 1. The van der Waals surface area contributed by atoms with Crippen molar-refractivity contribution >= 4 is 12.1 Å². The topological polar surface area (TPSA) is 75.6 Å². The summed E-state index contributed by atoms with van der Waals surface area (Å²) in [5.41, 5.74) is 0.176. The number of carboxylic acids is 1. The van der Waals surface area contributed by atoms with Crippen molar-refractivity contribution in [3.05, 3.63) is 12.2 Å². The summed E-state index contributed by atoms with van der Waals surface area (Å²) in [4.78, 5) is 19.4. The van der Waals surface area contributed by atoms with Crippen molar-refractivity contribution in [2.45, 2.75) is 6.92 Å². The zero-order chi connectivity index (χ0) is 10.1. The highest BCUT2D eigenvalue weighted by Gasteiger charge is 1.90. The molecule has 0 aliphatic carbocycles. The summed E-state index contributed by atoms with van der Waals surface area (Å²) in [7, 11) is 2.82. The highest BCUT2D eigenvalue weighted by molar-refractivity contribution is 5.84. The number of hydrogen-bond acceptors (Lipinski definition) is 3. The maximum absolute atomic E-state index is 9.85. The Hall–Kier alpha value is -1.52. The molecule has 0 aromatic heterocycles. The van der Waals surface area contributed by atoms with Crippen molar-refractivity contribution in [3.8, 4) is 0 Å². The van der Waals surface area contributed by atoms with E-state index in [9.17, 15) is 9.59 Å². The Morgan fingerprint density at radius 2 is 1.83 bits per heavy atom. The van der Waals surface area contributed by atoms with Gasteiger partial charge in [0.15, 0.2) is 0 Å². The van der Waals surface area contributed by atoms with Crippen molar-refractivity contribution in [1.82, 2.24) is 5.32 Å². The third-order valence-corrected chi connectivity index (χ3v) is 0.755. The monoisotopic (exact) mass is 175 g/mol. The number of aliphatic carboxylic acids is 1. The minimum Gasteiger partial charge on any atom is -0.478 e. The van der Waals surface area contributed by atoms with Crippen LogP contribution in [0.15, 0.2) is 12.2 Å². The van der Waals surface area contributed by atoms with Crippen molar-refractivity contribution in [3.63, 3.8) is 0 Å². The first-order chi connectivity index (χ1) is 5.45. The van der Waals surface area contributed by atoms with Crippen molar-refractivity contribution in [2.24, 2.45) is 0 Å². The van der Waals surface area contributed by atoms with Crippen LogP contribution in [0.3, 0.4) is 0 Å². The first kappa shape index (κ1) is 13.1. The Balaban J connectivity index is 0. The van der Waals surface area contributed by atoms with Crippen LogP contribution in [0.2, 0.25) is 0 Å². The maximum Gasteiger partial charge on any atom is 0.406 e. The van der Waals surface area contributed by atoms with Crippen molar-refractivity contribution in [1.29, 1.82) is 0 Å². The van der Waals surface area contributed by atoms with E-state index in [1.807, 2.05) is 0 Å². The predicted octanol–water partition coefficient (Wildman–Crippen LogP) is 0.619. The number of rotatable bonds is 1. The normalized spacial score (nSPS) is 7.25. The molecule has 0 aromatic rings. The minimum atomic E-state index is -0.935. The number of ether oxygens (including phenoxy) is 1. The molecule has 5 heteroatoms. The van der Waals surface area contributed by atoms with Gasteiger partial charge in [-0.2, -0.15) is 0 Å². The van der Waals surface area contributed by atoms with E-state index in [1.54, 1.807) is 0 Å². The molecule has 2 N–H and O–H groups in total. The molecule has 0 saturated carbocycles. The van der Waals surface area contributed by atoms with Gasteiger partial charge in [-0.3, -0.25) is 0 Å². The van der Waals surface area contributed by atoms with Gasteiger partial charge in [0.05, 0.1) is 7.11 Å². The quantitative estimate of drug-likeness (QED) is 0.573. The summed E-state index contributed by atoms with van der Waals surface area (Å²) in [6.45, 7) is 4.60. The fraction of sp³-hybridized carbons (Fsp3) is 0.429. The van der Waals surface area contributed by atoms with E-state index in [4.69, 9.17) is 5.11 Å². The fourth-order valence-corrected chi connectivity index (χ4v) is 0.102. The largest absolute Gasteiger partial charge is 0.478 e. The van der Waals surface area contributed by atoms with Gasteiger partial charge in [-0.05, 0) is 6.92 Å². The third-order valence-electron chi connectivity index (χ3n) is 0.755. The number of carboxylic acid groups (broad SMARTS) is 1. The summed E-state index contributed by atoms with van der Waals surface area (Å²) in [5.74, 6) is -0.935. The lowest BCUT2D eigenvalue weighted by Gasteiger charge is -1.90. The zero-order valence-corrected chi connectivity index (χ0v) is 7.38. The summed E-state index contributed by atoms with van der Waals surface area (Å²) >= 11 is 0. The van der Waals surface area contributed by atoms with Crippen LogP contribution >= 0.6 is 0 Å². The summed E-state index contributed by atoms with van der Waals surface area (Å²) < 4.78 is 4.15. The standard InChI is InChI=1S/C4H6O2.C3H7NO2/c1-3(2)4(5)6;1-4-3(5)6-2/h1H2,2H3,(H,5,6);1-2H3,(H,4,5). The van der Waals surface area contributed by atoms with E-state index in [-0.39, 0.29) is 5.57 Å². The van der Waals surface area contributed by atoms with Crippen LogP contribution in [-0.4, -0.2) is 31.3 Å². The average molecular weight is 175 g/mol. The molecule has 70 valence electrons. The molecule has 0 unspecified atom stereocenters. The average Bonchev–Trinajstić information content (AvgIpc) is 2.04. The smallest absolute Gasteiger partial charge is 0.406 e. The summed E-state index contributed by atoms with van der Waals surface area (Å²) in [5, 5.41) is 10.1. The van der Waals surface area contributed by atoms with E-state index < -0.39 is 12.1 Å². The third kappa shape index (κ3) is 11.3. The second-order valence-corrected chi connectivity index (χ2v) is 1.83. The lowest BCUT2D eigenvalue weighted by atomic mass is 10.4. The van der Waals surface area contributed by atoms with Crippen LogP contribution in [-0.2, 0) is 9.53 Å². The second-order valence-electron chi connectivity index (χ2n) is 1.83. The Bertz CT molecular complexity index is 158. The molecule has 0 rings (SSSR count). The molecular formula is C7H13NO4. The lowest BCUT2D eigenvalue weighted by molar-refractivity contribution is -0.132. The van der Waals surface area contributed by atoms with Gasteiger partial charge in [-0.25, -0.2) is 9.59 Å². The summed E-state index contributed by atoms with van der Waals surface area (Å²) in [6.07, 6.45) is -0.407. The number of carbonyl (C=O) groups is 2. The van der Waals surface area contributed by atoms with Crippen molar-refractivity contribution in [2.75, 3.05) is 14.2 Å². The molecule has 5 nitrogen and oxygen atoms in total. The number of alkyl carbamates (subject to hydrolysis) is 1. The van der Waals surface area contributed by atoms with Gasteiger partial charge in [0.1, 0.15) is 0 Å². The molecule has 0 aromatic carbocycles. The molecule has 0 spiro atoms. The van der Waals surface area contributed by atoms with Gasteiger partial charge in [0.25, 0.3) is 0 Å². The molecule has 0 bridgehead atoms. The molecule has 12 heavy (non-hydrogen) atoms. The maximum atomic E-state index is 9.85. The van der Waals surface area contributed by atoms with E-state index in [0.717, 1.165) is 0 Å². The Morgan fingerprint density at radius 3 is 1.83 bits per heavy atom. The number of carbonyl (C=O) groups excluding carboxylic acids is 1. The lowest BCUT2D eigenvalue weighted by Crippen LogP contribution is -2.16. The van der Waals surface area contributed by atoms with Crippen LogP contribution < -0.4 is 5.32 Å². The zero-order valence-electron chi connectivity index (χ0n) is 7.38. The summed E-state index contributed by atoms with van der Waals surface area (Å²) in [6, 6.07) is 0. The van der Waals surface area contributed by atoms with Gasteiger partial charge in [0.2, 0.25) is 0 Å². The predicted molar refractivity (Wildman–Crippen MR) is 43.9 cm³/mol. The van der Waals surface area contributed by atoms with Crippen LogP contribution in [0.5, 0.6) is 0 Å². The van der Waals surface area contributed by atoms with Gasteiger partial charge in [0, 0.05) is 12.6 Å². The van der Waals surface area contributed by atoms with Crippen LogP contribution in [0.1, 0.15) is 6.92 Å². The SMILES string of the molecule is C=C(C)C(=O)O.CNC(=O)OC. The molecule has 0 heterocycles. The molecule has 0 aliphatic heterocycles. The Labute approximate surface area is 71.0 Å². The van der Waals surface area contributed by atoms with E-state index in [2.05, 4.69) is 16.6 Å². The van der Waals surface area contributed by atoms with Gasteiger partial charge in [-0.15, -0.1) is 0 Å². The Morgan fingerprint density at radius 1 is 1.50 bits per heavy atom. The van der Waals surface area contributed by atoms with Gasteiger partial charge >= 0.3 is 12.1 Å². The molecule has 0 radical (unpaired) electrons. The number of nitrogens with one attached hydrogen (secondary N) is 1. The number of hydrogen-bond donors (Lipinski definition) is 2. The number of amides is 1. The van der Waals surface area contributed by atoms with Gasteiger partial charge in [-0.1, -0.05) is 6.58 Å². The van der Waals surface area contributed by atoms with Crippen LogP contribution in [0.4, 0.5) is 4.79 Å². The first-order valence-electron chi connectivity index (χ1n) is 3.10. The second kappa shape index (κ2) is 7.59. The van der Waals surface area contributed by atoms with Crippen molar-refractivity contribution < 1.29 is 19.4 Å². The molecule has 1 amide bonds. The van der Waals surface area contributed by atoms with E-state index in [1.165, 1.54) is 21.1 Å². The van der Waals surface area contributed by atoms with Crippen LogP contribution in [0, 0.1) is 0 Å². The molecular weight excluding hydrogens is 162 g/mol. The first-order valence-corrected chi connectivity index (χ1v) is 3.10. The van der Waals surface area contributed by atoms with Gasteiger partial charge < -0.3 is 15.2 Å². The van der Waals surface area contributed by atoms with Crippen LogP contribution in [0.25, 0.3) is 0 Å². The highest BCUT2D eigenvalue weighted by atomic mass is 16.5. The molecule has 0 atom stereocenters. The minimum absolute atomic E-state index is 0.176. The van der Waals surface area contributed by atoms with E-state index in [0.29, 0.717) is 0 Å². The molecule has 0 fully saturated rings. The highest BCUT2D eigenvalue weighted by Crippen LogP contribution is 1.81. The molecule has 0 saturated heterocycles.